The summed E-state index contributed by atoms with van der Waals surface area (Å²) in [4.78, 5) is 28.9. The fraction of sp³-hybridized carbons (Fsp3) is 0.500. The zero-order chi connectivity index (χ0) is 17.6. The van der Waals surface area contributed by atoms with Gasteiger partial charge in [-0.3, -0.25) is 0 Å². The van der Waals surface area contributed by atoms with E-state index in [4.69, 9.17) is 39.6 Å². The Labute approximate surface area is 155 Å². The second kappa shape index (κ2) is 8.79. The topological polar surface area (TPSA) is 64.6 Å². The predicted molar refractivity (Wildman–Crippen MR) is 92.0 cm³/mol. The van der Waals surface area contributed by atoms with Crippen molar-refractivity contribution in [3.8, 4) is 0 Å². The number of hydrogen-bond acceptors (Lipinski definition) is 4. The normalized spacial score (nSPS) is 16.5. The first-order valence-electron chi connectivity index (χ1n) is 7.62. The highest BCUT2D eigenvalue weighted by Gasteiger charge is 2.34. The summed E-state index contributed by atoms with van der Waals surface area (Å²) in [5, 5.41) is 0. The summed E-state index contributed by atoms with van der Waals surface area (Å²) in [6.45, 7) is -0.453. The molecule has 0 aromatic heterocycles. The molecular weight excluding hydrogens is 377 g/mol. The van der Waals surface area contributed by atoms with E-state index in [1.165, 1.54) is 0 Å². The summed E-state index contributed by atoms with van der Waals surface area (Å²) in [6.07, 6.45) is 3.08. The van der Waals surface area contributed by atoms with Crippen LogP contribution in [0, 0.1) is 5.92 Å². The molecule has 8 heteroatoms. The number of carbonyl (C=O) groups excluding carboxylic acids is 2. The summed E-state index contributed by atoms with van der Waals surface area (Å²) >= 11 is 16.4. The van der Waals surface area contributed by atoms with E-state index in [1.807, 2.05) is 35.8 Å². The maximum Gasteiger partial charge on any atom is 0.440 e. The number of ether oxygens (including phenoxy) is 1. The van der Waals surface area contributed by atoms with Crippen LogP contribution >= 0.6 is 34.8 Å². The number of amides is 1. The smallest absolute Gasteiger partial charge is 0.440 e. The largest absolute Gasteiger partial charge is 0.443 e. The number of benzene rings is 1. The van der Waals surface area contributed by atoms with Crippen LogP contribution in [0.1, 0.15) is 37.2 Å². The van der Waals surface area contributed by atoms with Crippen LogP contribution in [-0.2, 0) is 14.4 Å². The lowest BCUT2D eigenvalue weighted by Gasteiger charge is -2.22. The number of alkyl halides is 3. The van der Waals surface area contributed by atoms with Gasteiger partial charge in [-0.15, -0.1) is 5.48 Å². The molecule has 1 amide bonds. The maximum absolute atomic E-state index is 12.5. The second-order valence-corrected chi connectivity index (χ2v) is 8.16. The van der Waals surface area contributed by atoms with Crippen molar-refractivity contribution in [2.45, 2.75) is 35.4 Å². The van der Waals surface area contributed by atoms with Crippen LogP contribution in [0.15, 0.2) is 30.3 Å². The average molecular weight is 395 g/mol. The molecule has 0 saturated heterocycles. The molecule has 1 N–H and O–H groups in total. The Kier molecular flexibility index (Phi) is 7.02. The van der Waals surface area contributed by atoms with E-state index in [2.05, 4.69) is 4.74 Å². The summed E-state index contributed by atoms with van der Waals surface area (Å²) in [7, 11) is 0. The average Bonchev–Trinajstić information content (AvgIpc) is 3.05. The van der Waals surface area contributed by atoms with Crippen molar-refractivity contribution < 1.29 is 19.2 Å². The van der Waals surface area contributed by atoms with Crippen LogP contribution in [-0.4, -0.2) is 22.5 Å². The van der Waals surface area contributed by atoms with Crippen molar-refractivity contribution in [2.24, 2.45) is 5.92 Å². The van der Waals surface area contributed by atoms with Crippen molar-refractivity contribution in [3.05, 3.63) is 35.9 Å². The van der Waals surface area contributed by atoms with Gasteiger partial charge in [0.2, 0.25) is 3.79 Å². The molecule has 0 radical (unpaired) electrons. The molecule has 1 fully saturated rings. The maximum atomic E-state index is 12.5. The number of hydrogen-bond donors (Lipinski definition) is 1. The molecule has 0 bridgehead atoms. The van der Waals surface area contributed by atoms with Crippen LogP contribution in [0.2, 0.25) is 0 Å². The molecular formula is C16H18Cl3NO4. The number of hydroxylamine groups is 1. The molecule has 1 aliphatic rings. The Morgan fingerprint density at radius 3 is 2.38 bits per heavy atom. The van der Waals surface area contributed by atoms with E-state index < -0.39 is 28.4 Å². The van der Waals surface area contributed by atoms with Crippen LogP contribution in [0.5, 0.6) is 0 Å². The van der Waals surface area contributed by atoms with E-state index in [0.29, 0.717) is 0 Å². The molecule has 2 rings (SSSR count). The Hall–Kier alpha value is -1.17. The third kappa shape index (κ3) is 6.04. The SMILES string of the molecule is O=C(NOC(=O)C(c1ccccc1)C1CCCC1)OCC(Cl)(Cl)Cl. The van der Waals surface area contributed by atoms with Crippen molar-refractivity contribution in [2.75, 3.05) is 6.61 Å². The van der Waals surface area contributed by atoms with Gasteiger partial charge in [-0.2, -0.15) is 0 Å². The van der Waals surface area contributed by atoms with Crippen LogP contribution in [0.4, 0.5) is 4.79 Å². The Morgan fingerprint density at radius 1 is 1.17 bits per heavy atom. The van der Waals surface area contributed by atoms with Crippen molar-refractivity contribution in [3.63, 3.8) is 0 Å². The van der Waals surface area contributed by atoms with E-state index in [9.17, 15) is 9.59 Å². The molecule has 0 spiro atoms. The third-order valence-electron chi connectivity index (χ3n) is 3.89. The van der Waals surface area contributed by atoms with E-state index in [0.717, 1.165) is 31.2 Å². The fourth-order valence-corrected chi connectivity index (χ4v) is 3.05. The third-order valence-corrected chi connectivity index (χ3v) is 4.21. The van der Waals surface area contributed by atoms with Gasteiger partial charge in [0.05, 0.1) is 5.92 Å². The zero-order valence-electron chi connectivity index (χ0n) is 12.8. The Bertz CT molecular complexity index is 556. The highest BCUT2D eigenvalue weighted by atomic mass is 35.6. The fourth-order valence-electron chi connectivity index (χ4n) is 2.88. The molecule has 24 heavy (non-hydrogen) atoms. The summed E-state index contributed by atoms with van der Waals surface area (Å²) in [5.41, 5.74) is 2.81. The number of rotatable bonds is 4. The van der Waals surface area contributed by atoms with Crippen LogP contribution in [0.25, 0.3) is 0 Å². The first-order chi connectivity index (χ1) is 11.4. The van der Waals surface area contributed by atoms with Crippen molar-refractivity contribution in [1.29, 1.82) is 0 Å². The van der Waals surface area contributed by atoms with Crippen molar-refractivity contribution >= 4 is 46.9 Å². The van der Waals surface area contributed by atoms with Gasteiger partial charge in [-0.25, -0.2) is 9.59 Å². The summed E-state index contributed by atoms with van der Waals surface area (Å²) in [5.74, 6) is -0.764. The summed E-state index contributed by atoms with van der Waals surface area (Å²) in [6, 6.07) is 9.38. The number of carbonyl (C=O) groups is 2. The molecule has 5 nitrogen and oxygen atoms in total. The number of nitrogens with one attached hydrogen (secondary N) is 1. The molecule has 0 heterocycles. The Balaban J connectivity index is 1.94. The van der Waals surface area contributed by atoms with Gasteiger partial charge < -0.3 is 9.57 Å². The minimum Gasteiger partial charge on any atom is -0.443 e. The molecule has 1 unspecified atom stereocenters. The minimum absolute atomic E-state index is 0.193. The quantitative estimate of drug-likeness (QED) is 0.602. The first kappa shape index (κ1) is 19.2. The lowest BCUT2D eigenvalue weighted by molar-refractivity contribution is -0.153. The van der Waals surface area contributed by atoms with Gasteiger partial charge in [0, 0.05) is 0 Å². The Morgan fingerprint density at radius 2 is 1.79 bits per heavy atom. The van der Waals surface area contributed by atoms with Gasteiger partial charge in [0.15, 0.2) is 0 Å². The molecule has 1 aromatic carbocycles. The molecule has 1 atom stereocenters. The monoisotopic (exact) mass is 393 g/mol. The lowest BCUT2D eigenvalue weighted by atomic mass is 9.85. The standard InChI is InChI=1S/C16H18Cl3NO4/c17-16(18,19)10-23-15(22)20-24-14(21)13(12-8-4-5-9-12)11-6-2-1-3-7-11/h1-3,6-7,12-13H,4-5,8-10H2,(H,20,22). The highest BCUT2D eigenvalue weighted by Crippen LogP contribution is 2.38. The molecule has 0 aliphatic heterocycles. The number of halogens is 3. The van der Waals surface area contributed by atoms with Gasteiger partial charge >= 0.3 is 12.1 Å². The summed E-state index contributed by atoms with van der Waals surface area (Å²) < 4.78 is 2.92. The molecule has 1 aromatic rings. The van der Waals surface area contributed by atoms with E-state index in [-0.39, 0.29) is 5.92 Å². The molecule has 132 valence electrons. The predicted octanol–water partition coefficient (Wildman–Crippen LogP) is 4.52. The van der Waals surface area contributed by atoms with Gasteiger partial charge in [-0.05, 0) is 24.3 Å². The highest BCUT2D eigenvalue weighted by molar-refractivity contribution is 6.67. The first-order valence-corrected chi connectivity index (χ1v) is 8.75. The zero-order valence-corrected chi connectivity index (χ0v) is 15.1. The van der Waals surface area contributed by atoms with Gasteiger partial charge in [-0.1, -0.05) is 78.0 Å². The molecule has 1 saturated carbocycles. The molecule has 1 aliphatic carbocycles. The van der Waals surface area contributed by atoms with Crippen LogP contribution in [0.3, 0.4) is 0 Å². The second-order valence-electron chi connectivity index (χ2n) is 5.65. The van der Waals surface area contributed by atoms with Crippen LogP contribution < -0.4 is 5.48 Å². The van der Waals surface area contributed by atoms with E-state index in [1.54, 1.807) is 0 Å². The van der Waals surface area contributed by atoms with Gasteiger partial charge in [0.1, 0.15) is 6.61 Å². The minimum atomic E-state index is -1.72. The van der Waals surface area contributed by atoms with Crippen molar-refractivity contribution in [1.82, 2.24) is 5.48 Å². The van der Waals surface area contributed by atoms with Gasteiger partial charge in [0.25, 0.3) is 0 Å². The lowest BCUT2D eigenvalue weighted by Crippen LogP contribution is -2.33. The van der Waals surface area contributed by atoms with E-state index >= 15 is 0 Å².